The Morgan fingerprint density at radius 2 is 1.80 bits per heavy atom. The van der Waals surface area contributed by atoms with Gasteiger partial charge in [-0.25, -0.2) is 4.98 Å². The first kappa shape index (κ1) is 16.6. The van der Waals surface area contributed by atoms with Crippen LogP contribution in [0.4, 0.5) is 18.9 Å². The molecule has 0 unspecified atom stereocenters. The number of hydrazine groups is 1. The molecule has 0 atom stereocenters. The highest BCUT2D eigenvalue weighted by Crippen LogP contribution is 2.30. The Morgan fingerprint density at radius 3 is 2.52 bits per heavy atom. The third-order valence-corrected chi connectivity index (χ3v) is 3.42. The van der Waals surface area contributed by atoms with Gasteiger partial charge in [-0.3, -0.25) is 20.2 Å². The van der Waals surface area contributed by atoms with Gasteiger partial charge in [-0.2, -0.15) is 13.2 Å². The molecule has 0 aliphatic rings. The summed E-state index contributed by atoms with van der Waals surface area (Å²) in [5, 5.41) is 0. The number of hydrogen-bond acceptors (Lipinski definition) is 3. The van der Waals surface area contributed by atoms with E-state index < -0.39 is 17.6 Å². The van der Waals surface area contributed by atoms with Crippen LogP contribution in [0.25, 0.3) is 5.69 Å². The van der Waals surface area contributed by atoms with Crippen molar-refractivity contribution in [2.75, 3.05) is 5.43 Å². The maximum absolute atomic E-state index is 12.7. The lowest BCUT2D eigenvalue weighted by Crippen LogP contribution is -2.31. The predicted octanol–water partition coefficient (Wildman–Crippen LogP) is 3.65. The van der Waals surface area contributed by atoms with Crippen LogP contribution in [0.3, 0.4) is 0 Å². The van der Waals surface area contributed by atoms with E-state index in [9.17, 15) is 18.0 Å². The third-order valence-electron chi connectivity index (χ3n) is 3.42. The number of carbonyl (C=O) groups excluding carboxylic acids is 1. The van der Waals surface area contributed by atoms with Gasteiger partial charge in [0.1, 0.15) is 5.69 Å². The first-order valence-electron chi connectivity index (χ1n) is 7.26. The fraction of sp³-hybridized carbons (Fsp3) is 0.0588. The number of hydrogen-bond donors (Lipinski definition) is 2. The Bertz CT molecular complexity index is 875. The van der Waals surface area contributed by atoms with Crippen LogP contribution in [-0.2, 0) is 6.18 Å². The summed E-state index contributed by atoms with van der Waals surface area (Å²) in [5.74, 6) is -0.529. The van der Waals surface area contributed by atoms with Crippen molar-refractivity contribution in [3.05, 3.63) is 78.4 Å². The number of nitrogens with one attached hydrogen (secondary N) is 2. The topological polar surface area (TPSA) is 59.0 Å². The molecule has 3 aromatic rings. The highest BCUT2D eigenvalue weighted by Gasteiger charge is 2.30. The van der Waals surface area contributed by atoms with Gasteiger partial charge in [0.15, 0.2) is 0 Å². The number of aromatic nitrogens is 2. The first-order chi connectivity index (χ1) is 11.9. The van der Waals surface area contributed by atoms with Gasteiger partial charge in [0.2, 0.25) is 0 Å². The van der Waals surface area contributed by atoms with Crippen molar-refractivity contribution in [2.45, 2.75) is 6.18 Å². The van der Waals surface area contributed by atoms with Crippen molar-refractivity contribution >= 4 is 11.6 Å². The van der Waals surface area contributed by atoms with Gasteiger partial charge in [-0.05, 0) is 30.3 Å². The Morgan fingerprint density at radius 1 is 1.04 bits per heavy atom. The zero-order valence-electron chi connectivity index (χ0n) is 12.8. The van der Waals surface area contributed by atoms with E-state index in [4.69, 9.17) is 0 Å². The number of nitrogens with zero attached hydrogens (tertiary/aromatic N) is 2. The second-order valence-electron chi connectivity index (χ2n) is 5.14. The third kappa shape index (κ3) is 3.79. The van der Waals surface area contributed by atoms with Crippen molar-refractivity contribution in [1.82, 2.24) is 15.0 Å². The minimum absolute atomic E-state index is 0.119. The molecule has 2 aromatic carbocycles. The normalized spacial score (nSPS) is 11.2. The van der Waals surface area contributed by atoms with Gasteiger partial charge in [0.05, 0.1) is 23.8 Å². The summed E-state index contributed by atoms with van der Waals surface area (Å²) >= 11 is 0. The average Bonchev–Trinajstić information content (AvgIpc) is 3.10. The number of halogens is 3. The van der Waals surface area contributed by atoms with Gasteiger partial charge in [0.25, 0.3) is 5.91 Å². The number of alkyl halides is 3. The van der Waals surface area contributed by atoms with E-state index in [-0.39, 0.29) is 11.4 Å². The maximum atomic E-state index is 12.7. The Kier molecular flexibility index (Phi) is 4.42. The van der Waals surface area contributed by atoms with E-state index in [0.29, 0.717) is 0 Å². The second kappa shape index (κ2) is 6.68. The molecule has 2 N–H and O–H groups in total. The number of anilines is 1. The molecule has 25 heavy (non-hydrogen) atoms. The summed E-state index contributed by atoms with van der Waals surface area (Å²) in [4.78, 5) is 16.2. The lowest BCUT2D eigenvalue weighted by molar-refractivity contribution is -0.137. The van der Waals surface area contributed by atoms with Gasteiger partial charge in [0, 0.05) is 5.69 Å². The summed E-state index contributed by atoms with van der Waals surface area (Å²) in [7, 11) is 0. The molecule has 1 aromatic heterocycles. The number of imidazole rings is 1. The molecule has 1 amide bonds. The van der Waals surface area contributed by atoms with E-state index in [0.717, 1.165) is 17.8 Å². The van der Waals surface area contributed by atoms with Gasteiger partial charge in [-0.1, -0.05) is 24.3 Å². The molecular formula is C17H13F3N4O. The molecule has 1 heterocycles. The quantitative estimate of drug-likeness (QED) is 0.709. The molecule has 0 bridgehead atoms. The zero-order chi connectivity index (χ0) is 17.9. The molecule has 0 saturated carbocycles. The van der Waals surface area contributed by atoms with Crippen LogP contribution in [0.5, 0.6) is 0 Å². The highest BCUT2D eigenvalue weighted by molar-refractivity contribution is 5.93. The SMILES string of the molecule is O=C(NNc1cccc(C(F)(F)F)c1)c1cncn1-c1ccccc1. The van der Waals surface area contributed by atoms with Crippen LogP contribution in [0.2, 0.25) is 0 Å². The summed E-state index contributed by atoms with van der Waals surface area (Å²) in [6, 6.07) is 13.6. The number of rotatable bonds is 4. The van der Waals surface area contributed by atoms with E-state index in [1.165, 1.54) is 24.7 Å². The molecule has 0 aliphatic carbocycles. The highest BCUT2D eigenvalue weighted by atomic mass is 19.4. The molecule has 0 saturated heterocycles. The van der Waals surface area contributed by atoms with E-state index >= 15 is 0 Å². The van der Waals surface area contributed by atoms with Crippen LogP contribution in [0.15, 0.2) is 67.1 Å². The van der Waals surface area contributed by atoms with Gasteiger partial charge < -0.3 is 0 Å². The monoisotopic (exact) mass is 346 g/mol. The fourth-order valence-corrected chi connectivity index (χ4v) is 2.22. The number of para-hydroxylation sites is 1. The Labute approximate surface area is 141 Å². The fourth-order valence-electron chi connectivity index (χ4n) is 2.22. The molecular weight excluding hydrogens is 333 g/mol. The minimum atomic E-state index is -4.45. The minimum Gasteiger partial charge on any atom is -0.298 e. The van der Waals surface area contributed by atoms with E-state index in [2.05, 4.69) is 15.8 Å². The lowest BCUT2D eigenvalue weighted by Gasteiger charge is -2.12. The molecule has 5 nitrogen and oxygen atoms in total. The molecule has 0 fully saturated rings. The Balaban J connectivity index is 1.74. The van der Waals surface area contributed by atoms with Crippen LogP contribution < -0.4 is 10.9 Å². The first-order valence-corrected chi connectivity index (χ1v) is 7.26. The van der Waals surface area contributed by atoms with Crippen molar-refractivity contribution < 1.29 is 18.0 Å². The van der Waals surface area contributed by atoms with Gasteiger partial charge >= 0.3 is 6.18 Å². The number of benzene rings is 2. The van der Waals surface area contributed by atoms with Crippen LogP contribution in [-0.4, -0.2) is 15.5 Å². The van der Waals surface area contributed by atoms with Gasteiger partial charge in [-0.15, -0.1) is 0 Å². The Hall–Kier alpha value is -3.29. The van der Waals surface area contributed by atoms with Crippen molar-refractivity contribution in [3.63, 3.8) is 0 Å². The van der Waals surface area contributed by atoms with Crippen LogP contribution in [0, 0.1) is 0 Å². The molecule has 128 valence electrons. The summed E-state index contributed by atoms with van der Waals surface area (Å²) in [5.41, 5.74) is 5.15. The molecule has 0 aliphatic heterocycles. The molecule has 0 spiro atoms. The van der Waals surface area contributed by atoms with Crippen molar-refractivity contribution in [2.24, 2.45) is 0 Å². The molecule has 3 rings (SSSR count). The van der Waals surface area contributed by atoms with Crippen molar-refractivity contribution in [3.8, 4) is 5.69 Å². The van der Waals surface area contributed by atoms with Crippen molar-refractivity contribution in [1.29, 1.82) is 0 Å². The summed E-state index contributed by atoms with van der Waals surface area (Å²) in [6.07, 6.45) is -1.60. The lowest BCUT2D eigenvalue weighted by atomic mass is 10.2. The number of carbonyl (C=O) groups is 1. The zero-order valence-corrected chi connectivity index (χ0v) is 12.8. The summed E-state index contributed by atoms with van der Waals surface area (Å²) < 4.78 is 39.7. The number of amides is 1. The largest absolute Gasteiger partial charge is 0.416 e. The van der Waals surface area contributed by atoms with E-state index in [1.807, 2.05) is 18.2 Å². The standard InChI is InChI=1S/C17H13F3N4O/c18-17(19,20)12-5-4-6-13(9-12)22-23-16(25)15-10-21-11-24(15)14-7-2-1-3-8-14/h1-11,22H,(H,23,25). The summed E-state index contributed by atoms with van der Waals surface area (Å²) in [6.45, 7) is 0. The molecule has 0 radical (unpaired) electrons. The predicted molar refractivity (Wildman–Crippen MR) is 86.1 cm³/mol. The maximum Gasteiger partial charge on any atom is 0.416 e. The smallest absolute Gasteiger partial charge is 0.298 e. The van der Waals surface area contributed by atoms with E-state index in [1.54, 1.807) is 16.7 Å². The van der Waals surface area contributed by atoms with Crippen LogP contribution in [0.1, 0.15) is 16.1 Å². The average molecular weight is 346 g/mol. The van der Waals surface area contributed by atoms with Crippen LogP contribution >= 0.6 is 0 Å². The molecule has 8 heteroatoms. The second-order valence-corrected chi connectivity index (χ2v) is 5.14.